The Bertz CT molecular complexity index is 927. The topological polar surface area (TPSA) is 50.8 Å². The fourth-order valence-electron chi connectivity index (χ4n) is 2.46. The lowest BCUT2D eigenvalue weighted by atomic mass is 10.1. The number of hydrogen-bond donors (Lipinski definition) is 1. The maximum Gasteiger partial charge on any atom is 0.125 e. The van der Waals surface area contributed by atoms with Crippen molar-refractivity contribution in [2.45, 2.75) is 0 Å². The highest BCUT2D eigenvalue weighted by atomic mass is 32.1. The number of benzene rings is 1. The van der Waals surface area contributed by atoms with Gasteiger partial charge in [0.05, 0.1) is 12.8 Å². The number of pyridine rings is 1. The van der Waals surface area contributed by atoms with E-state index in [-0.39, 0.29) is 0 Å². The van der Waals surface area contributed by atoms with Crippen molar-refractivity contribution in [3.63, 3.8) is 0 Å². The standard InChI is InChI=1S/C17H13N3OS/c1-21-12-4-5-13-14(9-19-15(13)7-12)16-10-22-17(20-16)11-3-2-6-18-8-11/h2-10,19H,1H3. The molecule has 3 aromatic heterocycles. The first-order chi connectivity index (χ1) is 10.8. The fraction of sp³-hybridized carbons (Fsp3) is 0.0588. The van der Waals surface area contributed by atoms with Crippen molar-refractivity contribution in [2.75, 3.05) is 7.11 Å². The molecule has 0 saturated carbocycles. The summed E-state index contributed by atoms with van der Waals surface area (Å²) in [7, 11) is 1.67. The van der Waals surface area contributed by atoms with E-state index in [0.29, 0.717) is 0 Å². The maximum absolute atomic E-state index is 5.26. The molecule has 22 heavy (non-hydrogen) atoms. The first kappa shape index (κ1) is 13.0. The number of H-pyrrole nitrogens is 1. The molecule has 4 nitrogen and oxygen atoms in total. The Hall–Kier alpha value is -2.66. The van der Waals surface area contributed by atoms with Gasteiger partial charge in [-0.2, -0.15) is 0 Å². The molecular weight excluding hydrogens is 294 g/mol. The molecule has 0 unspecified atom stereocenters. The first-order valence-corrected chi connectivity index (χ1v) is 7.74. The van der Waals surface area contributed by atoms with E-state index in [9.17, 15) is 0 Å². The van der Waals surface area contributed by atoms with Crippen LogP contribution in [0.4, 0.5) is 0 Å². The Morgan fingerprint density at radius 2 is 2.18 bits per heavy atom. The van der Waals surface area contributed by atoms with Crippen molar-refractivity contribution in [2.24, 2.45) is 0 Å². The molecule has 0 aliphatic rings. The third-order valence-corrected chi connectivity index (χ3v) is 4.47. The Kier molecular flexibility index (Phi) is 3.12. The van der Waals surface area contributed by atoms with Crippen LogP contribution in [0.2, 0.25) is 0 Å². The molecule has 1 aromatic carbocycles. The van der Waals surface area contributed by atoms with Crippen LogP contribution in [-0.4, -0.2) is 22.1 Å². The quantitative estimate of drug-likeness (QED) is 0.611. The maximum atomic E-state index is 5.26. The number of nitrogens with zero attached hydrogens (tertiary/aromatic N) is 2. The highest BCUT2D eigenvalue weighted by Crippen LogP contribution is 2.33. The normalized spacial score (nSPS) is 11.0. The lowest BCUT2D eigenvalue weighted by molar-refractivity contribution is 0.415. The zero-order valence-electron chi connectivity index (χ0n) is 11.9. The van der Waals surface area contributed by atoms with E-state index in [1.54, 1.807) is 24.6 Å². The van der Waals surface area contributed by atoms with Gasteiger partial charge in [-0.15, -0.1) is 11.3 Å². The van der Waals surface area contributed by atoms with Crippen LogP contribution in [0, 0.1) is 0 Å². The van der Waals surface area contributed by atoms with Crippen LogP contribution in [0.5, 0.6) is 5.75 Å². The van der Waals surface area contributed by atoms with Gasteiger partial charge in [-0.05, 0) is 24.3 Å². The van der Waals surface area contributed by atoms with Gasteiger partial charge in [-0.3, -0.25) is 4.98 Å². The van der Waals surface area contributed by atoms with Gasteiger partial charge in [-0.1, -0.05) is 0 Å². The minimum Gasteiger partial charge on any atom is -0.497 e. The van der Waals surface area contributed by atoms with E-state index in [1.807, 2.05) is 36.7 Å². The van der Waals surface area contributed by atoms with Gasteiger partial charge in [-0.25, -0.2) is 4.98 Å². The molecule has 0 radical (unpaired) electrons. The smallest absolute Gasteiger partial charge is 0.125 e. The van der Waals surface area contributed by atoms with Gasteiger partial charge < -0.3 is 9.72 Å². The van der Waals surface area contributed by atoms with Gasteiger partial charge >= 0.3 is 0 Å². The molecule has 0 amide bonds. The summed E-state index contributed by atoms with van der Waals surface area (Å²) in [4.78, 5) is 12.2. The van der Waals surface area contributed by atoms with E-state index in [0.717, 1.165) is 38.5 Å². The lowest BCUT2D eigenvalue weighted by Crippen LogP contribution is -1.82. The largest absolute Gasteiger partial charge is 0.497 e. The fourth-order valence-corrected chi connectivity index (χ4v) is 3.27. The molecule has 4 rings (SSSR count). The predicted molar refractivity (Wildman–Crippen MR) is 89.2 cm³/mol. The Morgan fingerprint density at radius 3 is 3.00 bits per heavy atom. The number of nitrogens with one attached hydrogen (secondary N) is 1. The molecule has 3 heterocycles. The SMILES string of the molecule is COc1ccc2c(-c3csc(-c4cccnc4)n3)c[nH]c2c1. The Labute approximate surface area is 131 Å². The van der Waals surface area contributed by atoms with E-state index in [2.05, 4.69) is 21.4 Å². The van der Waals surface area contributed by atoms with Gasteiger partial charge in [0.2, 0.25) is 0 Å². The number of methoxy groups -OCH3 is 1. The van der Waals surface area contributed by atoms with Crippen molar-refractivity contribution in [1.29, 1.82) is 0 Å². The first-order valence-electron chi connectivity index (χ1n) is 6.86. The molecule has 0 spiro atoms. The summed E-state index contributed by atoms with van der Waals surface area (Å²) in [5.41, 5.74) is 4.16. The zero-order valence-corrected chi connectivity index (χ0v) is 12.7. The summed E-state index contributed by atoms with van der Waals surface area (Å²) in [5.74, 6) is 0.843. The number of aromatic nitrogens is 3. The van der Waals surface area contributed by atoms with Crippen molar-refractivity contribution >= 4 is 22.2 Å². The molecule has 0 aliphatic carbocycles. The predicted octanol–water partition coefficient (Wildman–Crippen LogP) is 4.36. The molecule has 0 saturated heterocycles. The van der Waals surface area contributed by atoms with E-state index >= 15 is 0 Å². The molecule has 0 atom stereocenters. The average molecular weight is 307 g/mol. The number of ether oxygens (including phenoxy) is 1. The summed E-state index contributed by atoms with van der Waals surface area (Å²) in [6.45, 7) is 0. The molecule has 0 bridgehead atoms. The second kappa shape index (κ2) is 5.27. The summed E-state index contributed by atoms with van der Waals surface area (Å²) >= 11 is 1.63. The second-order valence-electron chi connectivity index (χ2n) is 4.89. The van der Waals surface area contributed by atoms with Gasteiger partial charge in [0, 0.05) is 52.1 Å². The molecule has 1 N–H and O–H groups in total. The van der Waals surface area contributed by atoms with Crippen LogP contribution in [0.1, 0.15) is 0 Å². The van der Waals surface area contributed by atoms with Crippen molar-refractivity contribution < 1.29 is 4.74 Å². The average Bonchev–Trinajstić information content (AvgIpc) is 3.21. The van der Waals surface area contributed by atoms with Crippen LogP contribution in [-0.2, 0) is 0 Å². The summed E-state index contributed by atoms with van der Waals surface area (Å²) < 4.78 is 5.26. The Balaban J connectivity index is 1.78. The number of rotatable bonds is 3. The molecular formula is C17H13N3OS. The summed E-state index contributed by atoms with van der Waals surface area (Å²) in [6, 6.07) is 9.97. The minimum absolute atomic E-state index is 0.843. The third kappa shape index (κ3) is 2.16. The zero-order chi connectivity index (χ0) is 14.9. The summed E-state index contributed by atoms with van der Waals surface area (Å²) in [5, 5.41) is 4.20. The number of thiazole rings is 1. The van der Waals surface area contributed by atoms with Crippen molar-refractivity contribution in [3.05, 3.63) is 54.3 Å². The van der Waals surface area contributed by atoms with Crippen molar-refractivity contribution in [1.82, 2.24) is 15.0 Å². The molecule has 0 aliphatic heterocycles. The molecule has 108 valence electrons. The monoisotopic (exact) mass is 307 g/mol. The van der Waals surface area contributed by atoms with Crippen molar-refractivity contribution in [3.8, 4) is 27.6 Å². The van der Waals surface area contributed by atoms with Gasteiger partial charge in [0.1, 0.15) is 10.8 Å². The van der Waals surface area contributed by atoms with E-state index < -0.39 is 0 Å². The van der Waals surface area contributed by atoms with Crippen LogP contribution in [0.3, 0.4) is 0 Å². The lowest BCUT2D eigenvalue weighted by Gasteiger charge is -1.99. The molecule has 5 heteroatoms. The number of hydrogen-bond acceptors (Lipinski definition) is 4. The number of aromatic amines is 1. The molecule has 4 aromatic rings. The Morgan fingerprint density at radius 1 is 1.23 bits per heavy atom. The number of fused-ring (bicyclic) bond motifs is 1. The molecule has 0 fully saturated rings. The van der Waals surface area contributed by atoms with Crippen LogP contribution < -0.4 is 4.74 Å². The van der Waals surface area contributed by atoms with E-state index in [4.69, 9.17) is 9.72 Å². The highest BCUT2D eigenvalue weighted by molar-refractivity contribution is 7.13. The van der Waals surface area contributed by atoms with Gasteiger partial charge in [0.15, 0.2) is 0 Å². The third-order valence-electron chi connectivity index (χ3n) is 3.58. The van der Waals surface area contributed by atoms with Crippen LogP contribution in [0.15, 0.2) is 54.3 Å². The van der Waals surface area contributed by atoms with E-state index in [1.165, 1.54) is 0 Å². The highest BCUT2D eigenvalue weighted by Gasteiger charge is 2.11. The second-order valence-corrected chi connectivity index (χ2v) is 5.75. The summed E-state index contributed by atoms with van der Waals surface area (Å²) in [6.07, 6.45) is 5.60. The van der Waals surface area contributed by atoms with Gasteiger partial charge in [0.25, 0.3) is 0 Å². The van der Waals surface area contributed by atoms with Crippen LogP contribution >= 0.6 is 11.3 Å². The van der Waals surface area contributed by atoms with Crippen LogP contribution in [0.25, 0.3) is 32.7 Å². The minimum atomic E-state index is 0.843.